The maximum absolute atomic E-state index is 12.1. The van der Waals surface area contributed by atoms with E-state index in [1.54, 1.807) is 18.5 Å². The molecule has 0 aliphatic rings. The van der Waals surface area contributed by atoms with Gasteiger partial charge in [0, 0.05) is 23.7 Å². The molecule has 0 spiro atoms. The minimum absolute atomic E-state index is 0.0597. The molecule has 0 aliphatic carbocycles. The number of carbonyl (C=O) groups is 1. The quantitative estimate of drug-likeness (QED) is 0.553. The van der Waals surface area contributed by atoms with E-state index in [-0.39, 0.29) is 10.9 Å². The fourth-order valence-electron chi connectivity index (χ4n) is 1.82. The summed E-state index contributed by atoms with van der Waals surface area (Å²) in [6, 6.07) is 9.99. The van der Waals surface area contributed by atoms with E-state index in [9.17, 15) is 14.9 Å². The molecule has 0 bridgehead atoms. The molecule has 0 radical (unpaired) electrons. The Labute approximate surface area is 144 Å². The van der Waals surface area contributed by atoms with Gasteiger partial charge in [-0.1, -0.05) is 11.3 Å². The third kappa shape index (κ3) is 3.60. The van der Waals surface area contributed by atoms with Gasteiger partial charge in [0.15, 0.2) is 5.16 Å². The summed E-state index contributed by atoms with van der Waals surface area (Å²) in [4.78, 5) is 23.5. The highest BCUT2D eigenvalue weighted by atomic mass is 32.2. The Morgan fingerprint density at radius 1 is 1.29 bits per heavy atom. The number of thiophene rings is 1. The number of anilines is 1. The van der Waals surface area contributed by atoms with Crippen LogP contribution in [0.15, 0.2) is 52.8 Å². The van der Waals surface area contributed by atoms with Crippen LogP contribution in [0.5, 0.6) is 0 Å². The molecule has 24 heavy (non-hydrogen) atoms. The van der Waals surface area contributed by atoms with Crippen molar-refractivity contribution in [1.29, 1.82) is 0 Å². The van der Waals surface area contributed by atoms with Crippen molar-refractivity contribution in [1.82, 2.24) is 14.8 Å². The number of nitrogens with zero attached hydrogens (tertiary/aromatic N) is 4. The number of hydrogen-bond donors (Lipinski definition) is 1. The molecule has 0 fully saturated rings. The highest BCUT2D eigenvalue weighted by Crippen LogP contribution is 2.27. The van der Waals surface area contributed by atoms with Gasteiger partial charge >= 0.3 is 5.00 Å². The van der Waals surface area contributed by atoms with E-state index in [1.165, 1.54) is 23.9 Å². The zero-order valence-electron chi connectivity index (χ0n) is 12.4. The monoisotopic (exact) mass is 361 g/mol. The molecule has 1 amide bonds. The van der Waals surface area contributed by atoms with Crippen molar-refractivity contribution in [3.8, 4) is 0 Å². The fourth-order valence-corrected chi connectivity index (χ4v) is 3.30. The van der Waals surface area contributed by atoms with Gasteiger partial charge < -0.3 is 9.88 Å². The van der Waals surface area contributed by atoms with Gasteiger partial charge in [0.25, 0.3) is 5.91 Å². The molecule has 8 nitrogen and oxygen atoms in total. The second-order valence-electron chi connectivity index (χ2n) is 4.70. The van der Waals surface area contributed by atoms with E-state index in [2.05, 4.69) is 15.5 Å². The van der Waals surface area contributed by atoms with Crippen LogP contribution in [0.1, 0.15) is 9.67 Å². The maximum Gasteiger partial charge on any atom is 0.324 e. The Bertz CT molecular complexity index is 888. The largest absolute Gasteiger partial charge is 0.324 e. The Balaban J connectivity index is 1.66. The van der Waals surface area contributed by atoms with E-state index in [0.29, 0.717) is 10.6 Å². The first-order chi connectivity index (χ1) is 11.5. The van der Waals surface area contributed by atoms with Crippen molar-refractivity contribution in [3.05, 3.63) is 57.7 Å². The smallest absolute Gasteiger partial charge is 0.321 e. The molecule has 0 aliphatic heterocycles. The van der Waals surface area contributed by atoms with Gasteiger partial charge in [0.05, 0.1) is 9.80 Å². The van der Waals surface area contributed by atoms with Gasteiger partial charge in [-0.2, -0.15) is 0 Å². The van der Waals surface area contributed by atoms with Crippen LogP contribution in [0.4, 0.5) is 10.7 Å². The number of aromatic nitrogens is 3. The average Bonchev–Trinajstić information content (AvgIpc) is 3.19. The summed E-state index contributed by atoms with van der Waals surface area (Å²) in [5, 5.41) is 21.9. The number of nitro groups is 1. The van der Waals surface area contributed by atoms with Gasteiger partial charge in [-0.05, 0) is 42.1 Å². The summed E-state index contributed by atoms with van der Waals surface area (Å²) in [6.07, 6.45) is 1.62. The van der Waals surface area contributed by atoms with E-state index in [0.717, 1.165) is 21.4 Å². The minimum Gasteiger partial charge on any atom is -0.321 e. The molecule has 10 heteroatoms. The van der Waals surface area contributed by atoms with E-state index >= 15 is 0 Å². The fraction of sp³-hybridized carbons (Fsp3) is 0.0714. The summed E-state index contributed by atoms with van der Waals surface area (Å²) in [5.41, 5.74) is 0.610. The Morgan fingerprint density at radius 2 is 2.04 bits per heavy atom. The number of nitrogens with one attached hydrogen (secondary N) is 1. The third-order valence-corrected chi connectivity index (χ3v) is 5.08. The van der Waals surface area contributed by atoms with Gasteiger partial charge in [0.2, 0.25) is 0 Å². The topological polar surface area (TPSA) is 103 Å². The molecule has 3 aromatic rings. The third-order valence-electron chi connectivity index (χ3n) is 2.99. The van der Waals surface area contributed by atoms with E-state index < -0.39 is 4.92 Å². The lowest BCUT2D eigenvalue weighted by atomic mass is 10.3. The number of amides is 1. The van der Waals surface area contributed by atoms with Gasteiger partial charge in [0.1, 0.15) is 6.33 Å². The molecule has 122 valence electrons. The molecular weight excluding hydrogens is 350 g/mol. The summed E-state index contributed by atoms with van der Waals surface area (Å²) >= 11 is 2.30. The standard InChI is InChI=1S/C14H11N5O3S2/c1-18-8-15-17-14(18)23-10-4-2-9(3-5-10)16-13(20)11-6-7-12(24-11)19(21)22/h2-8H,1H3,(H,16,20). The summed E-state index contributed by atoms with van der Waals surface area (Å²) in [6.45, 7) is 0. The molecule has 0 saturated heterocycles. The molecule has 2 heterocycles. The molecule has 0 atom stereocenters. The lowest BCUT2D eigenvalue weighted by molar-refractivity contribution is -0.380. The molecule has 1 N–H and O–H groups in total. The summed E-state index contributed by atoms with van der Waals surface area (Å²) in [7, 11) is 1.86. The predicted octanol–water partition coefficient (Wildman–Crippen LogP) is 3.19. The molecular formula is C14H11N5O3S2. The first-order valence-electron chi connectivity index (χ1n) is 6.70. The Kier molecular flexibility index (Phi) is 4.58. The molecule has 0 unspecified atom stereocenters. The minimum atomic E-state index is -0.514. The second kappa shape index (κ2) is 6.81. The van der Waals surface area contributed by atoms with Crippen molar-refractivity contribution >= 4 is 39.7 Å². The van der Waals surface area contributed by atoms with E-state index in [4.69, 9.17) is 0 Å². The number of rotatable bonds is 5. The first-order valence-corrected chi connectivity index (χ1v) is 8.34. The van der Waals surface area contributed by atoms with Crippen LogP contribution in [0.25, 0.3) is 0 Å². The normalized spacial score (nSPS) is 10.5. The van der Waals surface area contributed by atoms with Crippen molar-refractivity contribution in [2.45, 2.75) is 10.1 Å². The second-order valence-corrected chi connectivity index (χ2v) is 6.80. The number of carbonyl (C=O) groups excluding carboxylic acids is 1. The SMILES string of the molecule is Cn1cnnc1Sc1ccc(NC(=O)c2ccc([N+](=O)[O-])s2)cc1. The van der Waals surface area contributed by atoms with Crippen molar-refractivity contribution < 1.29 is 9.72 Å². The average molecular weight is 361 g/mol. The van der Waals surface area contributed by atoms with Crippen molar-refractivity contribution in [3.63, 3.8) is 0 Å². The summed E-state index contributed by atoms with van der Waals surface area (Å²) < 4.78 is 1.81. The molecule has 3 rings (SSSR count). The number of aryl methyl sites for hydroxylation is 1. The van der Waals surface area contributed by atoms with Crippen LogP contribution in [0.3, 0.4) is 0 Å². The van der Waals surface area contributed by atoms with Crippen LogP contribution in [-0.4, -0.2) is 25.6 Å². The number of benzene rings is 1. The van der Waals surface area contributed by atoms with Crippen LogP contribution in [-0.2, 0) is 7.05 Å². The van der Waals surface area contributed by atoms with Gasteiger partial charge in [-0.15, -0.1) is 10.2 Å². The summed E-state index contributed by atoms with van der Waals surface area (Å²) in [5.74, 6) is -0.373. The Hall–Kier alpha value is -2.72. The predicted molar refractivity (Wildman–Crippen MR) is 90.5 cm³/mol. The van der Waals surface area contributed by atoms with Crippen LogP contribution >= 0.6 is 23.1 Å². The zero-order valence-corrected chi connectivity index (χ0v) is 14.0. The zero-order chi connectivity index (χ0) is 17.1. The maximum atomic E-state index is 12.1. The lowest BCUT2D eigenvalue weighted by Gasteiger charge is -2.05. The Morgan fingerprint density at radius 3 is 2.62 bits per heavy atom. The van der Waals surface area contributed by atoms with Crippen LogP contribution < -0.4 is 5.32 Å². The van der Waals surface area contributed by atoms with Crippen LogP contribution in [0.2, 0.25) is 0 Å². The highest BCUT2D eigenvalue weighted by molar-refractivity contribution is 7.99. The number of hydrogen-bond acceptors (Lipinski definition) is 7. The first kappa shape index (κ1) is 16.1. The van der Waals surface area contributed by atoms with E-state index in [1.807, 2.05) is 23.7 Å². The lowest BCUT2D eigenvalue weighted by Crippen LogP contribution is -2.09. The van der Waals surface area contributed by atoms with Crippen LogP contribution in [0, 0.1) is 10.1 Å². The molecule has 1 aromatic carbocycles. The molecule has 2 aromatic heterocycles. The highest BCUT2D eigenvalue weighted by Gasteiger charge is 2.15. The molecule has 0 saturated carbocycles. The van der Waals surface area contributed by atoms with Crippen molar-refractivity contribution in [2.75, 3.05) is 5.32 Å². The van der Waals surface area contributed by atoms with Gasteiger partial charge in [-0.3, -0.25) is 14.9 Å². The van der Waals surface area contributed by atoms with Gasteiger partial charge in [-0.25, -0.2) is 0 Å². The van der Waals surface area contributed by atoms with Crippen molar-refractivity contribution in [2.24, 2.45) is 7.05 Å².